The Bertz CT molecular complexity index is 912. The number of anilines is 1. The van der Waals surface area contributed by atoms with Gasteiger partial charge in [0.2, 0.25) is 6.79 Å². The number of nitrogens with one attached hydrogen (secondary N) is 1. The zero-order valence-corrected chi connectivity index (χ0v) is 14.6. The summed E-state index contributed by atoms with van der Waals surface area (Å²) in [6, 6.07) is 10.3. The Kier molecular flexibility index (Phi) is 4.84. The van der Waals surface area contributed by atoms with E-state index in [1.807, 2.05) is 19.1 Å². The molecule has 0 fully saturated rings. The number of halogens is 2. The van der Waals surface area contributed by atoms with Crippen molar-refractivity contribution >= 4 is 40.9 Å². The topological polar surface area (TPSA) is 71.4 Å². The van der Waals surface area contributed by atoms with Gasteiger partial charge in [0.15, 0.2) is 11.5 Å². The summed E-state index contributed by atoms with van der Waals surface area (Å²) in [5.41, 5.74) is 1.62. The third-order valence-corrected chi connectivity index (χ3v) is 4.26. The fraction of sp³-hybridized carbons (Fsp3) is 0.111. The number of nitrogens with zero attached hydrogens (tertiary/aromatic N) is 1. The lowest BCUT2D eigenvalue weighted by Crippen LogP contribution is -2.14. The average molecular weight is 375 g/mol. The Balaban J connectivity index is 1.91. The van der Waals surface area contributed by atoms with Crippen LogP contribution in [0.4, 0.5) is 5.69 Å². The fourth-order valence-electron chi connectivity index (χ4n) is 2.32. The van der Waals surface area contributed by atoms with Crippen LogP contribution >= 0.6 is 23.2 Å². The van der Waals surface area contributed by atoms with E-state index in [4.69, 9.17) is 32.7 Å². The first-order chi connectivity index (χ1) is 12.0. The van der Waals surface area contributed by atoms with Gasteiger partial charge in [-0.1, -0.05) is 35.3 Å². The molecule has 0 unspecified atom stereocenters. The van der Waals surface area contributed by atoms with Gasteiger partial charge in [-0.2, -0.15) is 5.26 Å². The summed E-state index contributed by atoms with van der Waals surface area (Å²) < 4.78 is 10.5. The number of nitriles is 1. The van der Waals surface area contributed by atoms with Crippen molar-refractivity contribution in [2.24, 2.45) is 0 Å². The predicted molar refractivity (Wildman–Crippen MR) is 96.0 cm³/mol. The number of aryl methyl sites for hydroxylation is 1. The first-order valence-corrected chi connectivity index (χ1v) is 8.02. The molecule has 1 heterocycles. The van der Waals surface area contributed by atoms with Crippen molar-refractivity contribution < 1.29 is 14.3 Å². The van der Waals surface area contributed by atoms with E-state index in [0.717, 1.165) is 5.56 Å². The third kappa shape index (κ3) is 3.55. The van der Waals surface area contributed by atoms with Crippen LogP contribution in [0.25, 0.3) is 6.08 Å². The van der Waals surface area contributed by atoms with Crippen molar-refractivity contribution in [3.63, 3.8) is 0 Å². The van der Waals surface area contributed by atoms with Gasteiger partial charge in [0, 0.05) is 6.07 Å². The van der Waals surface area contributed by atoms with Crippen LogP contribution in [0, 0.1) is 18.3 Å². The van der Waals surface area contributed by atoms with Crippen molar-refractivity contribution in [1.29, 1.82) is 5.26 Å². The highest BCUT2D eigenvalue weighted by Gasteiger charge is 2.18. The van der Waals surface area contributed by atoms with Crippen molar-refractivity contribution in [2.75, 3.05) is 12.1 Å². The average Bonchev–Trinajstić information content (AvgIpc) is 3.02. The first kappa shape index (κ1) is 17.2. The van der Waals surface area contributed by atoms with Crippen molar-refractivity contribution in [1.82, 2.24) is 0 Å². The molecule has 25 heavy (non-hydrogen) atoms. The zero-order chi connectivity index (χ0) is 18.0. The van der Waals surface area contributed by atoms with Gasteiger partial charge in [-0.25, -0.2) is 0 Å². The van der Waals surface area contributed by atoms with Gasteiger partial charge < -0.3 is 14.8 Å². The highest BCUT2D eigenvalue weighted by atomic mass is 35.5. The van der Waals surface area contributed by atoms with E-state index in [0.29, 0.717) is 32.8 Å². The zero-order valence-electron chi connectivity index (χ0n) is 13.1. The summed E-state index contributed by atoms with van der Waals surface area (Å²) in [7, 11) is 0. The minimum absolute atomic E-state index is 0.107. The van der Waals surface area contributed by atoms with Gasteiger partial charge in [-0.3, -0.25) is 4.79 Å². The summed E-state index contributed by atoms with van der Waals surface area (Å²) in [6.07, 6.45) is 1.39. The first-order valence-electron chi connectivity index (χ1n) is 7.27. The fourth-order valence-corrected chi connectivity index (χ4v) is 2.80. The lowest BCUT2D eigenvalue weighted by molar-refractivity contribution is -0.112. The number of amides is 1. The van der Waals surface area contributed by atoms with Crippen LogP contribution in [-0.4, -0.2) is 12.7 Å². The number of benzene rings is 2. The highest BCUT2D eigenvalue weighted by molar-refractivity contribution is 6.34. The molecule has 0 aromatic heterocycles. The maximum absolute atomic E-state index is 12.4. The molecule has 0 atom stereocenters. The second-order valence-electron chi connectivity index (χ2n) is 5.28. The lowest BCUT2D eigenvalue weighted by Gasteiger charge is -2.10. The molecule has 0 aliphatic carbocycles. The van der Waals surface area contributed by atoms with E-state index >= 15 is 0 Å². The molecule has 1 aliphatic rings. The molecule has 2 aromatic rings. The normalized spacial score (nSPS) is 12.6. The van der Waals surface area contributed by atoms with Crippen LogP contribution in [0.3, 0.4) is 0 Å². The SMILES string of the molecule is Cc1cccc(Cl)c1NC(=O)C(C#N)=Cc1cc2c(cc1Cl)OCO2. The van der Waals surface area contributed by atoms with E-state index in [-0.39, 0.29) is 12.4 Å². The largest absolute Gasteiger partial charge is 0.454 e. The lowest BCUT2D eigenvalue weighted by atomic mass is 10.1. The number of hydrogen-bond acceptors (Lipinski definition) is 4. The Morgan fingerprint density at radius 1 is 1.24 bits per heavy atom. The molecule has 126 valence electrons. The van der Waals surface area contributed by atoms with Gasteiger partial charge in [0.05, 0.1) is 15.7 Å². The number of rotatable bonds is 3. The van der Waals surface area contributed by atoms with E-state index in [2.05, 4.69) is 5.32 Å². The van der Waals surface area contributed by atoms with Crippen LogP contribution in [0.15, 0.2) is 35.9 Å². The van der Waals surface area contributed by atoms with Gasteiger partial charge in [0.25, 0.3) is 5.91 Å². The van der Waals surface area contributed by atoms with Crippen molar-refractivity contribution in [3.05, 3.63) is 57.1 Å². The van der Waals surface area contributed by atoms with E-state index in [1.165, 1.54) is 6.08 Å². The molecule has 0 saturated carbocycles. The van der Waals surface area contributed by atoms with Crippen LogP contribution in [0.2, 0.25) is 10.0 Å². The Morgan fingerprint density at radius 3 is 2.64 bits per heavy atom. The molecular formula is C18H12Cl2N2O3. The third-order valence-electron chi connectivity index (χ3n) is 3.62. The van der Waals surface area contributed by atoms with Crippen LogP contribution in [0.1, 0.15) is 11.1 Å². The second-order valence-corrected chi connectivity index (χ2v) is 6.10. The maximum Gasteiger partial charge on any atom is 0.266 e. The number of carbonyl (C=O) groups is 1. The molecule has 2 aromatic carbocycles. The molecule has 1 amide bonds. The smallest absolute Gasteiger partial charge is 0.266 e. The van der Waals surface area contributed by atoms with E-state index < -0.39 is 5.91 Å². The standard InChI is InChI=1S/C18H12Cl2N2O3/c1-10-3-2-4-13(19)17(10)22-18(23)12(8-21)5-11-6-15-16(7-14(11)20)25-9-24-15/h2-7H,9H2,1H3,(H,22,23). The van der Waals surface area contributed by atoms with Crippen molar-refractivity contribution in [2.45, 2.75) is 6.92 Å². The van der Waals surface area contributed by atoms with Gasteiger partial charge in [0.1, 0.15) is 11.6 Å². The molecular weight excluding hydrogens is 363 g/mol. The summed E-state index contributed by atoms with van der Waals surface area (Å²) in [5, 5.41) is 12.7. The predicted octanol–water partition coefficient (Wildman–Crippen LogP) is 4.58. The Labute approximate surface area is 154 Å². The Hall–Kier alpha value is -2.68. The molecule has 3 rings (SSSR count). The molecule has 0 saturated heterocycles. The number of ether oxygens (including phenoxy) is 2. The summed E-state index contributed by atoms with van der Waals surface area (Å²) in [6.45, 7) is 1.92. The number of carbonyl (C=O) groups excluding carboxylic acids is 1. The van der Waals surface area contributed by atoms with Crippen LogP contribution in [-0.2, 0) is 4.79 Å². The molecule has 0 bridgehead atoms. The van der Waals surface area contributed by atoms with Crippen LogP contribution < -0.4 is 14.8 Å². The minimum Gasteiger partial charge on any atom is -0.454 e. The van der Waals surface area contributed by atoms with Gasteiger partial charge in [-0.15, -0.1) is 0 Å². The summed E-state index contributed by atoms with van der Waals surface area (Å²) in [4.78, 5) is 12.4. The quantitative estimate of drug-likeness (QED) is 0.630. The van der Waals surface area contributed by atoms with Gasteiger partial charge >= 0.3 is 0 Å². The molecule has 0 spiro atoms. The minimum atomic E-state index is -0.576. The molecule has 0 radical (unpaired) electrons. The van der Waals surface area contributed by atoms with Gasteiger partial charge in [-0.05, 0) is 36.3 Å². The Morgan fingerprint density at radius 2 is 1.96 bits per heavy atom. The highest BCUT2D eigenvalue weighted by Crippen LogP contribution is 2.37. The van der Waals surface area contributed by atoms with Crippen LogP contribution in [0.5, 0.6) is 11.5 Å². The number of hydrogen-bond donors (Lipinski definition) is 1. The molecule has 1 aliphatic heterocycles. The second kappa shape index (κ2) is 7.06. The molecule has 1 N–H and O–H groups in total. The monoisotopic (exact) mass is 374 g/mol. The number of para-hydroxylation sites is 1. The summed E-state index contributed by atoms with van der Waals surface area (Å²) in [5.74, 6) is 0.458. The summed E-state index contributed by atoms with van der Waals surface area (Å²) >= 11 is 12.3. The molecule has 5 nitrogen and oxygen atoms in total. The van der Waals surface area contributed by atoms with E-state index in [1.54, 1.807) is 24.3 Å². The van der Waals surface area contributed by atoms with Crippen molar-refractivity contribution in [3.8, 4) is 17.6 Å². The number of fused-ring (bicyclic) bond motifs is 1. The molecule has 7 heteroatoms. The maximum atomic E-state index is 12.4. The van der Waals surface area contributed by atoms with E-state index in [9.17, 15) is 10.1 Å².